The van der Waals surface area contributed by atoms with Crippen LogP contribution in [0.3, 0.4) is 0 Å². The summed E-state index contributed by atoms with van der Waals surface area (Å²) in [6, 6.07) is 12.5. The summed E-state index contributed by atoms with van der Waals surface area (Å²) in [7, 11) is 0. The third-order valence-electron chi connectivity index (χ3n) is 2.43. The van der Waals surface area contributed by atoms with Gasteiger partial charge >= 0.3 is 5.97 Å². The molecule has 0 spiro atoms. The van der Waals surface area contributed by atoms with Gasteiger partial charge in [-0.05, 0) is 48.9 Å². The Morgan fingerprint density at radius 2 is 1.72 bits per heavy atom. The van der Waals surface area contributed by atoms with E-state index >= 15 is 0 Å². The van der Waals surface area contributed by atoms with Gasteiger partial charge in [0.05, 0.1) is 5.56 Å². The summed E-state index contributed by atoms with van der Waals surface area (Å²) in [6.07, 6.45) is 0. The maximum Gasteiger partial charge on any atom is 0.343 e. The lowest BCUT2D eigenvalue weighted by molar-refractivity contribution is 0.0734. The van der Waals surface area contributed by atoms with E-state index < -0.39 is 0 Å². The number of aryl methyl sites for hydroxylation is 1. The molecule has 0 amide bonds. The predicted molar refractivity (Wildman–Crippen MR) is 78.0 cm³/mol. The van der Waals surface area contributed by atoms with Gasteiger partial charge < -0.3 is 4.74 Å². The average Bonchev–Trinajstić information content (AvgIpc) is 2.35. The zero-order valence-corrected chi connectivity index (χ0v) is 12.8. The van der Waals surface area contributed by atoms with Crippen LogP contribution in [0.2, 0.25) is 0 Å². The Labute approximate surface area is 122 Å². The van der Waals surface area contributed by atoms with Gasteiger partial charge in [-0.3, -0.25) is 0 Å². The van der Waals surface area contributed by atoms with Crippen LogP contribution in [0.4, 0.5) is 0 Å². The molecule has 0 bridgehead atoms. The number of ether oxygens (including phenoxy) is 1. The van der Waals surface area contributed by atoms with E-state index in [9.17, 15) is 4.79 Å². The lowest BCUT2D eigenvalue weighted by Gasteiger charge is -2.05. The number of benzene rings is 2. The predicted octanol–water partition coefficient (Wildman–Crippen LogP) is 4.74. The van der Waals surface area contributed by atoms with Crippen LogP contribution in [-0.2, 0) is 0 Å². The smallest absolute Gasteiger partial charge is 0.343 e. The number of esters is 1. The standard InChI is InChI=1S/C14H10Br2O2/c1-9-2-3-10(8-13(9)16)14(17)18-12-6-4-11(15)5-7-12/h2-8H,1H3. The first-order valence-electron chi connectivity index (χ1n) is 5.30. The van der Waals surface area contributed by atoms with E-state index in [0.717, 1.165) is 14.5 Å². The van der Waals surface area contributed by atoms with Gasteiger partial charge in [-0.2, -0.15) is 0 Å². The van der Waals surface area contributed by atoms with Crippen LogP contribution in [-0.4, -0.2) is 5.97 Å². The number of halogens is 2. The molecule has 2 aromatic carbocycles. The highest BCUT2D eigenvalue weighted by Gasteiger charge is 2.09. The van der Waals surface area contributed by atoms with Gasteiger partial charge in [0, 0.05) is 8.95 Å². The highest BCUT2D eigenvalue weighted by molar-refractivity contribution is 9.10. The third-order valence-corrected chi connectivity index (χ3v) is 3.81. The van der Waals surface area contributed by atoms with Crippen LogP contribution in [0.25, 0.3) is 0 Å². The monoisotopic (exact) mass is 368 g/mol. The summed E-state index contributed by atoms with van der Waals surface area (Å²) in [6.45, 7) is 1.97. The molecule has 0 aromatic heterocycles. The number of carbonyl (C=O) groups excluding carboxylic acids is 1. The average molecular weight is 370 g/mol. The van der Waals surface area contributed by atoms with Crippen LogP contribution >= 0.6 is 31.9 Å². The Balaban J connectivity index is 2.16. The lowest BCUT2D eigenvalue weighted by Crippen LogP contribution is -2.08. The SMILES string of the molecule is Cc1ccc(C(=O)Oc2ccc(Br)cc2)cc1Br. The van der Waals surface area contributed by atoms with E-state index in [1.165, 1.54) is 0 Å². The summed E-state index contributed by atoms with van der Waals surface area (Å²) in [4.78, 5) is 11.9. The van der Waals surface area contributed by atoms with Gasteiger partial charge in [-0.1, -0.05) is 37.9 Å². The minimum atomic E-state index is -0.363. The van der Waals surface area contributed by atoms with Crippen LogP contribution in [0.15, 0.2) is 51.4 Å². The number of hydrogen-bond donors (Lipinski definition) is 0. The van der Waals surface area contributed by atoms with Crippen molar-refractivity contribution in [2.75, 3.05) is 0 Å². The Hall–Kier alpha value is -1.13. The molecule has 0 N–H and O–H groups in total. The Morgan fingerprint density at radius 3 is 2.33 bits per heavy atom. The molecule has 0 aliphatic heterocycles. The molecule has 2 rings (SSSR count). The molecule has 4 heteroatoms. The van der Waals surface area contributed by atoms with E-state index in [1.807, 2.05) is 25.1 Å². The molecule has 0 aliphatic rings. The molecule has 0 radical (unpaired) electrons. The second-order valence-electron chi connectivity index (χ2n) is 3.81. The van der Waals surface area contributed by atoms with Gasteiger partial charge in [-0.15, -0.1) is 0 Å². The van der Waals surface area contributed by atoms with Crippen LogP contribution in [0, 0.1) is 6.92 Å². The Kier molecular flexibility index (Phi) is 4.19. The van der Waals surface area contributed by atoms with E-state index in [-0.39, 0.29) is 5.97 Å². The van der Waals surface area contributed by atoms with E-state index in [4.69, 9.17) is 4.74 Å². The van der Waals surface area contributed by atoms with Gasteiger partial charge in [0.2, 0.25) is 0 Å². The third kappa shape index (κ3) is 3.21. The first-order chi connectivity index (χ1) is 8.56. The van der Waals surface area contributed by atoms with E-state index in [1.54, 1.807) is 24.3 Å². The van der Waals surface area contributed by atoms with Crippen LogP contribution < -0.4 is 4.74 Å². The second-order valence-corrected chi connectivity index (χ2v) is 5.58. The molecular weight excluding hydrogens is 360 g/mol. The Bertz CT molecular complexity index is 577. The van der Waals surface area contributed by atoms with Gasteiger partial charge in [-0.25, -0.2) is 4.79 Å². The van der Waals surface area contributed by atoms with Crippen molar-refractivity contribution in [2.45, 2.75) is 6.92 Å². The van der Waals surface area contributed by atoms with E-state index in [2.05, 4.69) is 31.9 Å². The molecule has 18 heavy (non-hydrogen) atoms. The largest absolute Gasteiger partial charge is 0.423 e. The number of carbonyl (C=O) groups is 1. The topological polar surface area (TPSA) is 26.3 Å². The Morgan fingerprint density at radius 1 is 1.06 bits per heavy atom. The van der Waals surface area contributed by atoms with Crippen molar-refractivity contribution in [3.63, 3.8) is 0 Å². The van der Waals surface area contributed by atoms with Gasteiger partial charge in [0.1, 0.15) is 5.75 Å². The lowest BCUT2D eigenvalue weighted by atomic mass is 10.1. The highest BCUT2D eigenvalue weighted by atomic mass is 79.9. The van der Waals surface area contributed by atoms with Crippen molar-refractivity contribution in [3.05, 3.63) is 62.5 Å². The summed E-state index contributed by atoms with van der Waals surface area (Å²) in [5.74, 6) is 0.165. The normalized spacial score (nSPS) is 10.2. The van der Waals surface area contributed by atoms with E-state index in [0.29, 0.717) is 11.3 Å². The molecular formula is C14H10Br2O2. The first-order valence-corrected chi connectivity index (χ1v) is 6.89. The van der Waals surface area contributed by atoms with Crippen LogP contribution in [0.5, 0.6) is 5.75 Å². The minimum Gasteiger partial charge on any atom is -0.423 e. The molecule has 92 valence electrons. The molecule has 0 saturated heterocycles. The minimum absolute atomic E-state index is 0.363. The maximum atomic E-state index is 11.9. The van der Waals surface area contributed by atoms with Crippen molar-refractivity contribution >= 4 is 37.8 Å². The van der Waals surface area contributed by atoms with Crippen molar-refractivity contribution < 1.29 is 9.53 Å². The molecule has 0 aliphatic carbocycles. The van der Waals surface area contributed by atoms with Gasteiger partial charge in [0.25, 0.3) is 0 Å². The van der Waals surface area contributed by atoms with Crippen LogP contribution in [0.1, 0.15) is 15.9 Å². The fourth-order valence-corrected chi connectivity index (χ4v) is 2.03. The summed E-state index contributed by atoms with van der Waals surface area (Å²) in [5, 5.41) is 0. The molecule has 0 saturated carbocycles. The zero-order chi connectivity index (χ0) is 13.1. The van der Waals surface area contributed by atoms with Crippen molar-refractivity contribution in [1.82, 2.24) is 0 Å². The quantitative estimate of drug-likeness (QED) is 0.564. The zero-order valence-electron chi connectivity index (χ0n) is 9.61. The molecule has 0 atom stereocenters. The summed E-state index contributed by atoms with van der Waals surface area (Å²) < 4.78 is 7.11. The fraction of sp³-hybridized carbons (Fsp3) is 0.0714. The highest BCUT2D eigenvalue weighted by Crippen LogP contribution is 2.20. The molecule has 0 unspecified atom stereocenters. The summed E-state index contributed by atoms with van der Waals surface area (Å²) >= 11 is 6.72. The maximum absolute atomic E-state index is 11.9. The molecule has 2 nitrogen and oxygen atoms in total. The first kappa shape index (κ1) is 13.3. The van der Waals surface area contributed by atoms with Gasteiger partial charge in [0.15, 0.2) is 0 Å². The fourth-order valence-electron chi connectivity index (χ4n) is 1.39. The van der Waals surface area contributed by atoms with Crippen molar-refractivity contribution in [3.8, 4) is 5.75 Å². The van der Waals surface area contributed by atoms with Crippen molar-refractivity contribution in [2.24, 2.45) is 0 Å². The number of rotatable bonds is 2. The summed E-state index contributed by atoms with van der Waals surface area (Å²) in [5.41, 5.74) is 1.60. The second kappa shape index (κ2) is 5.67. The molecule has 2 aromatic rings. The molecule has 0 heterocycles. The van der Waals surface area contributed by atoms with Crippen molar-refractivity contribution in [1.29, 1.82) is 0 Å². The molecule has 0 fully saturated rings. The number of hydrogen-bond acceptors (Lipinski definition) is 2.